The fourth-order valence-electron chi connectivity index (χ4n) is 1.88. The number of aryl methyl sites for hydroxylation is 1. The van der Waals surface area contributed by atoms with Gasteiger partial charge in [-0.15, -0.1) is 11.3 Å². The highest BCUT2D eigenvalue weighted by Gasteiger charge is 2.08. The molecule has 0 amide bonds. The fourth-order valence-corrected chi connectivity index (χ4v) is 3.33. The Labute approximate surface area is 130 Å². The maximum Gasteiger partial charge on any atom is 0.270 e. The first-order chi connectivity index (χ1) is 9.58. The number of nitro groups is 1. The largest absolute Gasteiger partial charge is 0.308 e. The summed E-state index contributed by atoms with van der Waals surface area (Å²) in [5.74, 6) is 0. The van der Waals surface area contributed by atoms with Crippen molar-refractivity contribution >= 4 is 33.0 Å². The highest BCUT2D eigenvalue weighted by atomic mass is 79.9. The van der Waals surface area contributed by atoms with Gasteiger partial charge in [0.05, 0.1) is 4.92 Å². The standard InChI is InChI=1S/C14H15BrN2O2S/c1-2-13-3-4-14(20-13)9-16-8-10-5-11(15)7-12(6-10)17(18)19/h3-7,16H,2,8-9H2,1H3. The van der Waals surface area contributed by atoms with E-state index in [1.807, 2.05) is 6.07 Å². The molecule has 0 aliphatic heterocycles. The molecule has 6 heteroatoms. The highest BCUT2D eigenvalue weighted by molar-refractivity contribution is 9.10. The van der Waals surface area contributed by atoms with Crippen LogP contribution >= 0.6 is 27.3 Å². The van der Waals surface area contributed by atoms with E-state index in [2.05, 4.69) is 40.3 Å². The number of benzene rings is 1. The number of non-ortho nitro benzene ring substituents is 1. The van der Waals surface area contributed by atoms with E-state index in [4.69, 9.17) is 0 Å². The molecule has 2 rings (SSSR count). The summed E-state index contributed by atoms with van der Waals surface area (Å²) in [5.41, 5.74) is 1.01. The first-order valence-corrected chi connectivity index (χ1v) is 7.91. The van der Waals surface area contributed by atoms with Gasteiger partial charge in [0, 0.05) is 39.4 Å². The maximum absolute atomic E-state index is 10.8. The van der Waals surface area contributed by atoms with E-state index < -0.39 is 0 Å². The summed E-state index contributed by atoms with van der Waals surface area (Å²) in [7, 11) is 0. The highest BCUT2D eigenvalue weighted by Crippen LogP contribution is 2.21. The molecule has 0 radical (unpaired) electrons. The molecule has 106 valence electrons. The van der Waals surface area contributed by atoms with Crippen LogP contribution in [0.2, 0.25) is 0 Å². The Kier molecular flexibility index (Phi) is 5.28. The third kappa shape index (κ3) is 4.13. The van der Waals surface area contributed by atoms with Gasteiger partial charge in [-0.1, -0.05) is 22.9 Å². The zero-order valence-corrected chi connectivity index (χ0v) is 13.5. The Balaban J connectivity index is 1.95. The van der Waals surface area contributed by atoms with E-state index in [9.17, 15) is 10.1 Å². The van der Waals surface area contributed by atoms with Crippen LogP contribution in [0, 0.1) is 10.1 Å². The number of thiophene rings is 1. The molecule has 0 atom stereocenters. The second-order valence-electron chi connectivity index (χ2n) is 4.40. The minimum Gasteiger partial charge on any atom is -0.308 e. The summed E-state index contributed by atoms with van der Waals surface area (Å²) in [5, 5.41) is 14.1. The van der Waals surface area contributed by atoms with Crippen LogP contribution in [0.25, 0.3) is 0 Å². The third-order valence-corrected chi connectivity index (χ3v) is 4.53. The average molecular weight is 355 g/mol. The predicted octanol–water partition coefficient (Wildman–Crippen LogP) is 4.27. The van der Waals surface area contributed by atoms with E-state index in [0.717, 1.165) is 23.0 Å². The molecule has 0 saturated carbocycles. The molecule has 0 fully saturated rings. The summed E-state index contributed by atoms with van der Waals surface area (Å²) in [4.78, 5) is 13.1. The smallest absolute Gasteiger partial charge is 0.270 e. The molecule has 20 heavy (non-hydrogen) atoms. The molecule has 1 aromatic heterocycles. The number of rotatable bonds is 6. The Morgan fingerprint density at radius 2 is 2.00 bits per heavy atom. The molecule has 0 bridgehead atoms. The van der Waals surface area contributed by atoms with Gasteiger partial charge in [0.15, 0.2) is 0 Å². The summed E-state index contributed by atoms with van der Waals surface area (Å²) >= 11 is 5.10. The Morgan fingerprint density at radius 1 is 1.25 bits per heavy atom. The van der Waals surface area contributed by atoms with Gasteiger partial charge >= 0.3 is 0 Å². The quantitative estimate of drug-likeness (QED) is 0.622. The van der Waals surface area contributed by atoms with Crippen LogP contribution in [0.4, 0.5) is 5.69 Å². The second-order valence-corrected chi connectivity index (χ2v) is 6.57. The van der Waals surface area contributed by atoms with Crippen molar-refractivity contribution in [2.24, 2.45) is 0 Å². The number of nitrogens with one attached hydrogen (secondary N) is 1. The van der Waals surface area contributed by atoms with Crippen LogP contribution in [-0.2, 0) is 19.5 Å². The molecule has 0 aliphatic rings. The summed E-state index contributed by atoms with van der Waals surface area (Å²) in [6, 6.07) is 9.28. The molecule has 2 aromatic rings. The van der Waals surface area contributed by atoms with Crippen molar-refractivity contribution in [3.63, 3.8) is 0 Å². The fraction of sp³-hybridized carbons (Fsp3) is 0.286. The van der Waals surface area contributed by atoms with E-state index in [0.29, 0.717) is 6.54 Å². The van der Waals surface area contributed by atoms with E-state index >= 15 is 0 Å². The molecular formula is C14H15BrN2O2S. The molecule has 4 nitrogen and oxygen atoms in total. The normalized spacial score (nSPS) is 10.7. The number of halogens is 1. The Hall–Kier alpha value is -1.24. The average Bonchev–Trinajstić information content (AvgIpc) is 2.86. The molecule has 1 aromatic carbocycles. The van der Waals surface area contributed by atoms with Gasteiger partial charge in [0.1, 0.15) is 0 Å². The summed E-state index contributed by atoms with van der Waals surface area (Å²) in [6.45, 7) is 3.54. The summed E-state index contributed by atoms with van der Waals surface area (Å²) in [6.07, 6.45) is 1.06. The van der Waals surface area contributed by atoms with Crippen LogP contribution < -0.4 is 5.32 Å². The van der Waals surface area contributed by atoms with Gasteiger partial charge in [0.25, 0.3) is 5.69 Å². The van der Waals surface area contributed by atoms with Crippen LogP contribution in [0.1, 0.15) is 22.2 Å². The minimum absolute atomic E-state index is 0.112. The van der Waals surface area contributed by atoms with Gasteiger partial charge < -0.3 is 5.32 Å². The lowest BCUT2D eigenvalue weighted by atomic mass is 10.2. The number of hydrogen-bond donors (Lipinski definition) is 1. The van der Waals surface area contributed by atoms with E-state index in [-0.39, 0.29) is 10.6 Å². The molecule has 1 N–H and O–H groups in total. The van der Waals surface area contributed by atoms with Crippen molar-refractivity contribution < 1.29 is 4.92 Å². The van der Waals surface area contributed by atoms with E-state index in [1.165, 1.54) is 15.8 Å². The van der Waals surface area contributed by atoms with Gasteiger partial charge in [-0.2, -0.15) is 0 Å². The van der Waals surface area contributed by atoms with Crippen LogP contribution in [-0.4, -0.2) is 4.92 Å². The minimum atomic E-state index is -0.374. The van der Waals surface area contributed by atoms with Gasteiger partial charge in [-0.05, 0) is 30.2 Å². The number of nitro benzene ring substituents is 1. The van der Waals surface area contributed by atoms with Crippen molar-refractivity contribution in [2.45, 2.75) is 26.4 Å². The van der Waals surface area contributed by atoms with Crippen molar-refractivity contribution in [2.75, 3.05) is 0 Å². The van der Waals surface area contributed by atoms with Gasteiger partial charge in [-0.3, -0.25) is 10.1 Å². The molecule has 0 aliphatic carbocycles. The van der Waals surface area contributed by atoms with Crippen molar-refractivity contribution in [3.05, 3.63) is 60.2 Å². The van der Waals surface area contributed by atoms with Gasteiger partial charge in [0.2, 0.25) is 0 Å². The molecule has 1 heterocycles. The predicted molar refractivity (Wildman–Crippen MR) is 85.0 cm³/mol. The first kappa shape index (κ1) is 15.2. The molecule has 0 spiro atoms. The van der Waals surface area contributed by atoms with Crippen molar-refractivity contribution in [1.29, 1.82) is 0 Å². The van der Waals surface area contributed by atoms with Gasteiger partial charge in [-0.25, -0.2) is 0 Å². The lowest BCUT2D eigenvalue weighted by molar-refractivity contribution is -0.385. The Bertz CT molecular complexity index is 613. The number of nitrogens with zero attached hydrogens (tertiary/aromatic N) is 1. The topological polar surface area (TPSA) is 55.2 Å². The second kappa shape index (κ2) is 6.97. The number of hydrogen-bond acceptors (Lipinski definition) is 4. The third-order valence-electron chi connectivity index (χ3n) is 2.85. The van der Waals surface area contributed by atoms with Crippen molar-refractivity contribution in [1.82, 2.24) is 5.32 Å². The zero-order chi connectivity index (χ0) is 14.5. The summed E-state index contributed by atoms with van der Waals surface area (Å²) < 4.78 is 0.730. The zero-order valence-electron chi connectivity index (χ0n) is 11.1. The maximum atomic E-state index is 10.8. The van der Waals surface area contributed by atoms with Crippen LogP contribution in [0.15, 0.2) is 34.8 Å². The monoisotopic (exact) mass is 354 g/mol. The SMILES string of the molecule is CCc1ccc(CNCc2cc(Br)cc([N+](=O)[O-])c2)s1. The molecule has 0 saturated heterocycles. The lowest BCUT2D eigenvalue weighted by Crippen LogP contribution is -2.11. The first-order valence-electron chi connectivity index (χ1n) is 6.30. The lowest BCUT2D eigenvalue weighted by Gasteiger charge is -2.04. The van der Waals surface area contributed by atoms with E-state index in [1.54, 1.807) is 17.4 Å². The van der Waals surface area contributed by atoms with Crippen LogP contribution in [0.5, 0.6) is 0 Å². The van der Waals surface area contributed by atoms with Crippen molar-refractivity contribution in [3.8, 4) is 0 Å². The Morgan fingerprint density at radius 3 is 2.65 bits per heavy atom. The van der Waals surface area contributed by atoms with Crippen LogP contribution in [0.3, 0.4) is 0 Å². The molecule has 0 unspecified atom stereocenters. The molecular weight excluding hydrogens is 340 g/mol.